The van der Waals surface area contributed by atoms with Gasteiger partial charge in [0.1, 0.15) is 11.8 Å². The van der Waals surface area contributed by atoms with Crippen LogP contribution in [0.1, 0.15) is 39.7 Å². The Bertz CT molecular complexity index is 929. The first-order valence-corrected chi connectivity index (χ1v) is 11.1. The van der Waals surface area contributed by atoms with Crippen molar-refractivity contribution in [2.24, 2.45) is 0 Å². The summed E-state index contributed by atoms with van der Waals surface area (Å²) in [4.78, 5) is 27.6. The van der Waals surface area contributed by atoms with Crippen LogP contribution in [0.2, 0.25) is 15.1 Å². The van der Waals surface area contributed by atoms with E-state index in [2.05, 4.69) is 5.32 Å². The van der Waals surface area contributed by atoms with Crippen molar-refractivity contribution in [1.29, 1.82) is 0 Å². The van der Waals surface area contributed by atoms with Gasteiger partial charge in [0.05, 0.1) is 5.02 Å². The van der Waals surface area contributed by atoms with Gasteiger partial charge < -0.3 is 15.0 Å². The van der Waals surface area contributed by atoms with Crippen molar-refractivity contribution in [3.8, 4) is 5.75 Å². The third-order valence-corrected chi connectivity index (χ3v) is 5.33. The minimum atomic E-state index is -0.701. The second-order valence-electron chi connectivity index (χ2n) is 8.14. The molecule has 8 heteroatoms. The van der Waals surface area contributed by atoms with E-state index in [1.54, 1.807) is 42.5 Å². The maximum atomic E-state index is 13.2. The molecule has 0 saturated carbocycles. The average Bonchev–Trinajstić information content (AvgIpc) is 2.67. The van der Waals surface area contributed by atoms with E-state index in [1.807, 2.05) is 27.7 Å². The zero-order chi connectivity index (χ0) is 23.2. The highest BCUT2D eigenvalue weighted by atomic mass is 35.5. The molecule has 2 aromatic rings. The van der Waals surface area contributed by atoms with E-state index in [-0.39, 0.29) is 25.0 Å². The highest BCUT2D eigenvalue weighted by Gasteiger charge is 2.31. The standard InChI is InChI=1S/C23H27Cl3N2O3/c1-5-19(22(30)27-23(2,3)4)28(13-15-10-11-16(24)12-18(15)26)21(29)14-31-20-9-7-6-8-17(20)25/h6-12,19H,5,13-14H2,1-4H3,(H,27,30)/t19-/m0/s1. The second-order valence-corrected chi connectivity index (χ2v) is 9.39. The highest BCUT2D eigenvalue weighted by Crippen LogP contribution is 2.25. The zero-order valence-corrected chi connectivity index (χ0v) is 20.3. The molecule has 0 unspecified atom stereocenters. The predicted molar refractivity (Wildman–Crippen MR) is 126 cm³/mol. The molecule has 0 saturated heterocycles. The van der Waals surface area contributed by atoms with Crippen molar-refractivity contribution in [2.75, 3.05) is 6.61 Å². The minimum Gasteiger partial charge on any atom is -0.482 e. The molecule has 0 aliphatic heterocycles. The number of halogens is 3. The first-order chi connectivity index (χ1) is 14.5. The summed E-state index contributed by atoms with van der Waals surface area (Å²) in [7, 11) is 0. The summed E-state index contributed by atoms with van der Waals surface area (Å²) in [6.07, 6.45) is 0.422. The largest absolute Gasteiger partial charge is 0.482 e. The van der Waals surface area contributed by atoms with Gasteiger partial charge in [0, 0.05) is 22.1 Å². The molecule has 2 aromatic carbocycles. The fourth-order valence-corrected chi connectivity index (χ4v) is 3.65. The van der Waals surface area contributed by atoms with E-state index >= 15 is 0 Å². The molecule has 2 amide bonds. The molecule has 0 heterocycles. The Labute approximate surface area is 198 Å². The maximum Gasteiger partial charge on any atom is 0.261 e. The van der Waals surface area contributed by atoms with Gasteiger partial charge in [-0.15, -0.1) is 0 Å². The van der Waals surface area contributed by atoms with Crippen molar-refractivity contribution in [3.05, 3.63) is 63.1 Å². The molecule has 1 N–H and O–H groups in total. The summed E-state index contributed by atoms with van der Waals surface area (Å²) in [5.74, 6) is -0.206. The number of rotatable bonds is 8. The van der Waals surface area contributed by atoms with Crippen molar-refractivity contribution in [1.82, 2.24) is 10.2 Å². The molecule has 0 aliphatic carbocycles. The molecule has 0 fully saturated rings. The van der Waals surface area contributed by atoms with Gasteiger partial charge in [0.2, 0.25) is 5.91 Å². The number of para-hydroxylation sites is 1. The summed E-state index contributed by atoms with van der Waals surface area (Å²) in [6.45, 7) is 7.39. The Balaban J connectivity index is 2.29. The van der Waals surface area contributed by atoms with Crippen molar-refractivity contribution in [2.45, 2.75) is 52.2 Å². The molecule has 1 atom stereocenters. The molecule has 0 spiro atoms. The molecule has 0 aromatic heterocycles. The molecule has 31 heavy (non-hydrogen) atoms. The average molecular weight is 486 g/mol. The van der Waals surface area contributed by atoms with Gasteiger partial charge in [-0.05, 0) is 57.0 Å². The number of carbonyl (C=O) groups is 2. The molecular weight excluding hydrogens is 459 g/mol. The van der Waals surface area contributed by atoms with E-state index < -0.39 is 11.6 Å². The van der Waals surface area contributed by atoms with E-state index in [0.717, 1.165) is 0 Å². The van der Waals surface area contributed by atoms with Gasteiger partial charge >= 0.3 is 0 Å². The lowest BCUT2D eigenvalue weighted by Crippen LogP contribution is -2.54. The SMILES string of the molecule is CC[C@@H](C(=O)NC(C)(C)C)N(Cc1ccc(Cl)cc1Cl)C(=O)COc1ccccc1Cl. The topological polar surface area (TPSA) is 58.6 Å². The minimum absolute atomic E-state index is 0.136. The van der Waals surface area contributed by atoms with Crippen molar-refractivity contribution in [3.63, 3.8) is 0 Å². The number of carbonyl (C=O) groups excluding carboxylic acids is 2. The van der Waals surface area contributed by atoms with E-state index in [1.165, 1.54) is 4.90 Å². The van der Waals surface area contributed by atoms with Crippen LogP contribution in [-0.4, -0.2) is 34.9 Å². The number of hydrogen-bond acceptors (Lipinski definition) is 3. The number of hydrogen-bond donors (Lipinski definition) is 1. The Morgan fingerprint density at radius 2 is 1.74 bits per heavy atom. The highest BCUT2D eigenvalue weighted by molar-refractivity contribution is 6.35. The molecule has 0 bridgehead atoms. The fraction of sp³-hybridized carbons (Fsp3) is 0.391. The Morgan fingerprint density at radius 3 is 2.32 bits per heavy atom. The van der Waals surface area contributed by atoms with E-state index in [0.29, 0.717) is 32.8 Å². The summed E-state index contributed by atoms with van der Waals surface area (Å²) < 4.78 is 5.63. The van der Waals surface area contributed by atoms with Crippen LogP contribution in [0.3, 0.4) is 0 Å². The van der Waals surface area contributed by atoms with Crippen LogP contribution in [0, 0.1) is 0 Å². The summed E-state index contributed by atoms with van der Waals surface area (Å²) in [5.41, 5.74) is 0.241. The van der Waals surface area contributed by atoms with Crippen LogP contribution in [0.25, 0.3) is 0 Å². The Hall–Kier alpha value is -1.95. The van der Waals surface area contributed by atoms with Crippen LogP contribution in [0.15, 0.2) is 42.5 Å². The first-order valence-electron chi connectivity index (χ1n) is 9.94. The Morgan fingerprint density at radius 1 is 1.06 bits per heavy atom. The number of amides is 2. The molecule has 168 valence electrons. The van der Waals surface area contributed by atoms with E-state index in [9.17, 15) is 9.59 Å². The third-order valence-electron chi connectivity index (χ3n) is 4.43. The van der Waals surface area contributed by atoms with E-state index in [4.69, 9.17) is 39.5 Å². The van der Waals surface area contributed by atoms with Gasteiger partial charge in [0.15, 0.2) is 6.61 Å². The summed E-state index contributed by atoms with van der Waals surface area (Å²) in [6, 6.07) is 11.2. The number of nitrogens with one attached hydrogen (secondary N) is 1. The smallest absolute Gasteiger partial charge is 0.261 e. The molecular formula is C23H27Cl3N2O3. The monoisotopic (exact) mass is 484 g/mol. The van der Waals surface area contributed by atoms with Crippen LogP contribution >= 0.6 is 34.8 Å². The van der Waals surface area contributed by atoms with Gasteiger partial charge in [-0.1, -0.05) is 59.9 Å². The summed E-state index contributed by atoms with van der Waals surface area (Å²) >= 11 is 18.5. The normalized spacial score (nSPS) is 12.2. The fourth-order valence-electron chi connectivity index (χ4n) is 2.99. The van der Waals surface area contributed by atoms with Crippen LogP contribution in [0.5, 0.6) is 5.75 Å². The second kappa shape index (κ2) is 11.1. The quantitative estimate of drug-likeness (QED) is 0.518. The van der Waals surface area contributed by atoms with Crippen molar-refractivity contribution < 1.29 is 14.3 Å². The lowest BCUT2D eigenvalue weighted by molar-refractivity contribution is -0.143. The lowest BCUT2D eigenvalue weighted by atomic mass is 10.1. The number of ether oxygens (including phenoxy) is 1. The van der Waals surface area contributed by atoms with Crippen LogP contribution in [0.4, 0.5) is 0 Å². The first kappa shape index (κ1) is 25.3. The van der Waals surface area contributed by atoms with Gasteiger partial charge in [-0.25, -0.2) is 0 Å². The van der Waals surface area contributed by atoms with Gasteiger partial charge in [-0.2, -0.15) is 0 Å². The lowest BCUT2D eigenvalue weighted by Gasteiger charge is -2.33. The van der Waals surface area contributed by atoms with Crippen LogP contribution in [-0.2, 0) is 16.1 Å². The maximum absolute atomic E-state index is 13.2. The number of benzene rings is 2. The van der Waals surface area contributed by atoms with Gasteiger partial charge in [0.25, 0.3) is 5.91 Å². The number of nitrogens with zero attached hydrogens (tertiary/aromatic N) is 1. The molecule has 5 nitrogen and oxygen atoms in total. The summed E-state index contributed by atoms with van der Waals surface area (Å²) in [5, 5.41) is 4.26. The Kier molecular flexibility index (Phi) is 9.04. The zero-order valence-electron chi connectivity index (χ0n) is 18.0. The van der Waals surface area contributed by atoms with Gasteiger partial charge in [-0.3, -0.25) is 9.59 Å². The molecule has 0 radical (unpaired) electrons. The third kappa shape index (κ3) is 7.60. The predicted octanol–water partition coefficient (Wildman–Crippen LogP) is 5.75. The van der Waals surface area contributed by atoms with Crippen LogP contribution < -0.4 is 10.1 Å². The molecule has 2 rings (SSSR count). The molecule has 0 aliphatic rings. The van der Waals surface area contributed by atoms with Crippen molar-refractivity contribution >= 4 is 46.6 Å².